The number of anilines is 1. The molecule has 1 saturated heterocycles. The van der Waals surface area contributed by atoms with Crippen molar-refractivity contribution in [3.05, 3.63) is 52.5 Å². The van der Waals surface area contributed by atoms with Gasteiger partial charge in [-0.1, -0.05) is 35.9 Å². The lowest BCUT2D eigenvalue weighted by molar-refractivity contribution is 0.127. The van der Waals surface area contributed by atoms with Crippen molar-refractivity contribution in [3.8, 4) is 11.1 Å². The van der Waals surface area contributed by atoms with Crippen molar-refractivity contribution in [2.45, 2.75) is 13.5 Å². The zero-order chi connectivity index (χ0) is 20.5. The summed E-state index contributed by atoms with van der Waals surface area (Å²) >= 11 is 6.44. The second kappa shape index (κ2) is 8.32. The zero-order valence-electron chi connectivity index (χ0n) is 16.9. The van der Waals surface area contributed by atoms with Crippen LogP contribution in [0, 0.1) is 6.92 Å². The number of fused-ring (bicyclic) bond motifs is 1. The lowest BCUT2D eigenvalue weighted by atomic mass is 10.0. The van der Waals surface area contributed by atoms with Gasteiger partial charge in [-0.2, -0.15) is 0 Å². The molecule has 2 aliphatic rings. The third-order valence-corrected chi connectivity index (χ3v) is 6.15. The van der Waals surface area contributed by atoms with Crippen LogP contribution in [-0.2, 0) is 6.54 Å². The number of rotatable bonds is 4. The fourth-order valence-corrected chi connectivity index (χ4v) is 4.41. The molecule has 0 bridgehead atoms. The first-order valence-electron chi connectivity index (χ1n) is 10.0. The Labute approximate surface area is 176 Å². The third-order valence-electron chi connectivity index (χ3n) is 5.84. The number of carbonyl (C=O) groups is 1. The highest BCUT2D eigenvalue weighted by molar-refractivity contribution is 6.33. The van der Waals surface area contributed by atoms with Gasteiger partial charge in [0.25, 0.3) is 0 Å². The summed E-state index contributed by atoms with van der Waals surface area (Å²) in [5.41, 5.74) is 4.70. The van der Waals surface area contributed by atoms with E-state index in [0.717, 1.165) is 60.7 Å². The quantitative estimate of drug-likeness (QED) is 0.825. The molecule has 154 valence electrons. The molecule has 1 fully saturated rings. The van der Waals surface area contributed by atoms with E-state index in [2.05, 4.69) is 16.8 Å². The number of halogens is 1. The first-order valence-corrected chi connectivity index (χ1v) is 10.4. The Morgan fingerprint density at radius 2 is 1.83 bits per heavy atom. The molecule has 0 saturated carbocycles. The van der Waals surface area contributed by atoms with Gasteiger partial charge >= 0.3 is 6.09 Å². The van der Waals surface area contributed by atoms with E-state index in [1.807, 2.05) is 48.3 Å². The van der Waals surface area contributed by atoms with Crippen LogP contribution in [0.15, 0.2) is 36.4 Å². The number of hydrogen-bond donors (Lipinski definition) is 1. The van der Waals surface area contributed by atoms with E-state index in [4.69, 9.17) is 11.6 Å². The predicted molar refractivity (Wildman–Crippen MR) is 116 cm³/mol. The first-order chi connectivity index (χ1) is 13.9. The number of nitrogens with zero attached hydrogens (tertiary/aromatic N) is 4. The standard InChI is InChI=1S/C22H27ClN4O2/c1-16-3-6-19(20(23)13-16)17-4-5-18-15-26(27(22(28)29)21(18)14-17)12-11-25-9-7-24(2)8-10-25/h3-6,13-14H,7-12,15H2,1-2H3,(H,28,29). The molecule has 1 amide bonds. The molecule has 2 aliphatic heterocycles. The molecule has 2 aromatic rings. The maximum Gasteiger partial charge on any atom is 0.426 e. The van der Waals surface area contributed by atoms with Gasteiger partial charge in [-0.3, -0.25) is 4.90 Å². The number of likely N-dealkylation sites (N-methyl/N-ethyl adjacent to an activating group) is 1. The van der Waals surface area contributed by atoms with Crippen molar-refractivity contribution in [3.63, 3.8) is 0 Å². The summed E-state index contributed by atoms with van der Waals surface area (Å²) < 4.78 is 0. The Bertz CT molecular complexity index is 912. The van der Waals surface area contributed by atoms with Crippen molar-refractivity contribution in [2.75, 3.05) is 51.3 Å². The van der Waals surface area contributed by atoms with E-state index >= 15 is 0 Å². The molecule has 29 heavy (non-hydrogen) atoms. The topological polar surface area (TPSA) is 50.3 Å². The Morgan fingerprint density at radius 1 is 1.07 bits per heavy atom. The van der Waals surface area contributed by atoms with E-state index < -0.39 is 6.09 Å². The highest BCUT2D eigenvalue weighted by Gasteiger charge is 2.32. The van der Waals surface area contributed by atoms with Gasteiger partial charge in [-0.15, -0.1) is 0 Å². The monoisotopic (exact) mass is 414 g/mol. The molecule has 0 aliphatic carbocycles. The van der Waals surface area contributed by atoms with Gasteiger partial charge in [0.2, 0.25) is 0 Å². The molecule has 0 aromatic heterocycles. The minimum atomic E-state index is -0.950. The van der Waals surface area contributed by atoms with Crippen molar-refractivity contribution in [1.82, 2.24) is 14.8 Å². The number of amides is 1. The molecule has 0 spiro atoms. The average Bonchev–Trinajstić information content (AvgIpc) is 3.05. The number of hydrazine groups is 1. The Hall–Kier alpha value is -2.12. The van der Waals surface area contributed by atoms with E-state index in [-0.39, 0.29) is 0 Å². The van der Waals surface area contributed by atoms with Crippen LogP contribution < -0.4 is 5.01 Å². The van der Waals surface area contributed by atoms with Crippen molar-refractivity contribution >= 4 is 23.4 Å². The minimum Gasteiger partial charge on any atom is -0.464 e. The molecule has 7 heteroatoms. The average molecular weight is 415 g/mol. The molecule has 0 atom stereocenters. The Balaban J connectivity index is 1.53. The predicted octanol–water partition coefficient (Wildman–Crippen LogP) is 3.78. The van der Waals surface area contributed by atoms with Crippen molar-refractivity contribution in [1.29, 1.82) is 0 Å². The van der Waals surface area contributed by atoms with Crippen molar-refractivity contribution in [2.24, 2.45) is 0 Å². The normalized spacial score (nSPS) is 18.2. The second-order valence-corrected chi connectivity index (χ2v) is 8.36. The van der Waals surface area contributed by atoms with Crippen LogP contribution in [0.4, 0.5) is 10.5 Å². The summed E-state index contributed by atoms with van der Waals surface area (Å²) in [6, 6.07) is 11.9. The fourth-order valence-electron chi connectivity index (χ4n) is 4.07. The molecule has 1 N–H and O–H groups in total. The molecular formula is C22H27ClN4O2. The maximum absolute atomic E-state index is 12.1. The van der Waals surface area contributed by atoms with Gasteiger partial charge in [-0.25, -0.2) is 14.8 Å². The number of aryl methyl sites for hydroxylation is 1. The van der Waals surface area contributed by atoms with Gasteiger partial charge in [0.1, 0.15) is 0 Å². The number of hydrogen-bond acceptors (Lipinski definition) is 4. The summed E-state index contributed by atoms with van der Waals surface area (Å²) in [7, 11) is 2.14. The molecule has 0 radical (unpaired) electrons. The third kappa shape index (κ3) is 4.26. The lowest BCUT2D eigenvalue weighted by Crippen LogP contribution is -2.49. The van der Waals surface area contributed by atoms with Gasteiger partial charge in [0, 0.05) is 56.4 Å². The smallest absolute Gasteiger partial charge is 0.426 e. The summed E-state index contributed by atoms with van der Waals surface area (Å²) in [6.07, 6.45) is -0.950. The molecule has 2 heterocycles. The highest BCUT2D eigenvalue weighted by atomic mass is 35.5. The molecule has 2 aromatic carbocycles. The maximum atomic E-state index is 12.1. The minimum absolute atomic E-state index is 0.608. The summed E-state index contributed by atoms with van der Waals surface area (Å²) in [4.78, 5) is 16.8. The van der Waals surface area contributed by atoms with E-state index in [1.54, 1.807) is 0 Å². The zero-order valence-corrected chi connectivity index (χ0v) is 17.7. The van der Waals surface area contributed by atoms with E-state index in [1.165, 1.54) is 5.01 Å². The summed E-state index contributed by atoms with van der Waals surface area (Å²) in [6.45, 7) is 8.33. The van der Waals surface area contributed by atoms with Gasteiger partial charge in [-0.05, 0) is 42.8 Å². The number of benzene rings is 2. The Morgan fingerprint density at radius 3 is 2.52 bits per heavy atom. The van der Waals surface area contributed by atoms with Crippen LogP contribution in [0.1, 0.15) is 11.1 Å². The van der Waals surface area contributed by atoms with Crippen LogP contribution >= 0.6 is 11.6 Å². The summed E-state index contributed by atoms with van der Waals surface area (Å²) in [5, 5.41) is 13.9. The van der Waals surface area contributed by atoms with Crippen LogP contribution in [0.25, 0.3) is 11.1 Å². The lowest BCUT2D eigenvalue weighted by Gasteiger charge is -2.34. The Kier molecular flexibility index (Phi) is 5.79. The van der Waals surface area contributed by atoms with E-state index in [9.17, 15) is 9.90 Å². The van der Waals surface area contributed by atoms with Crippen molar-refractivity contribution < 1.29 is 9.90 Å². The van der Waals surface area contributed by atoms with Gasteiger partial charge < -0.3 is 10.0 Å². The largest absolute Gasteiger partial charge is 0.464 e. The van der Waals surface area contributed by atoms with Crippen LogP contribution in [0.2, 0.25) is 5.02 Å². The van der Waals surface area contributed by atoms with E-state index in [0.29, 0.717) is 18.1 Å². The van der Waals surface area contributed by atoms with Crippen LogP contribution in [-0.4, -0.2) is 72.3 Å². The van der Waals surface area contributed by atoms with Gasteiger partial charge in [0.05, 0.1) is 5.69 Å². The number of piperazine rings is 1. The molecule has 4 rings (SSSR count). The van der Waals surface area contributed by atoms with Crippen LogP contribution in [0.5, 0.6) is 0 Å². The number of carboxylic acid groups (broad SMARTS) is 1. The SMILES string of the molecule is Cc1ccc(-c2ccc3c(c2)N(C(=O)O)N(CCN2CCN(C)CC2)C3)c(Cl)c1. The second-order valence-electron chi connectivity index (χ2n) is 7.95. The van der Waals surface area contributed by atoms with Crippen LogP contribution in [0.3, 0.4) is 0 Å². The molecule has 6 nitrogen and oxygen atoms in total. The highest BCUT2D eigenvalue weighted by Crippen LogP contribution is 2.37. The molecule has 0 unspecified atom stereocenters. The van der Waals surface area contributed by atoms with Gasteiger partial charge in [0.15, 0.2) is 0 Å². The first kappa shape index (κ1) is 20.2. The molecular weight excluding hydrogens is 388 g/mol. The fraction of sp³-hybridized carbons (Fsp3) is 0.409. The summed E-state index contributed by atoms with van der Waals surface area (Å²) in [5.74, 6) is 0.